The molecule has 1 aromatic heterocycles. The highest BCUT2D eigenvalue weighted by molar-refractivity contribution is 7.10. The van der Waals surface area contributed by atoms with Gasteiger partial charge in [0.2, 0.25) is 5.91 Å². The average Bonchev–Trinajstić information content (AvgIpc) is 2.85. The van der Waals surface area contributed by atoms with E-state index in [0.717, 1.165) is 13.0 Å². The number of carbonyl (C=O) groups excluding carboxylic acids is 1. The molecule has 0 radical (unpaired) electrons. The van der Waals surface area contributed by atoms with Gasteiger partial charge < -0.3 is 10.2 Å². The summed E-state index contributed by atoms with van der Waals surface area (Å²) in [6.45, 7) is 2.96. The van der Waals surface area contributed by atoms with Crippen molar-refractivity contribution in [3.8, 4) is 0 Å². The number of likely N-dealkylation sites (N-methyl/N-ethyl adjacent to an activating group) is 1. The maximum Gasteiger partial charge on any atom is 0.240 e. The lowest BCUT2D eigenvalue weighted by Gasteiger charge is -2.23. The topological polar surface area (TPSA) is 32.3 Å². The van der Waals surface area contributed by atoms with Crippen molar-refractivity contribution in [2.24, 2.45) is 0 Å². The van der Waals surface area contributed by atoms with E-state index in [0.29, 0.717) is 0 Å². The van der Waals surface area contributed by atoms with E-state index in [1.807, 2.05) is 18.0 Å². The number of carbonyl (C=O) groups is 1. The van der Waals surface area contributed by atoms with Crippen molar-refractivity contribution in [1.82, 2.24) is 10.2 Å². The van der Waals surface area contributed by atoms with Gasteiger partial charge >= 0.3 is 0 Å². The maximum atomic E-state index is 11.9. The van der Waals surface area contributed by atoms with Crippen molar-refractivity contribution in [2.45, 2.75) is 25.4 Å². The highest BCUT2D eigenvalue weighted by Gasteiger charge is 2.33. The van der Waals surface area contributed by atoms with Gasteiger partial charge in [-0.3, -0.25) is 4.79 Å². The SMILES string of the molecule is CNC1CCN(C(C)c2cccs2)C1=O. The highest BCUT2D eigenvalue weighted by atomic mass is 32.1. The Kier molecular flexibility index (Phi) is 3.07. The lowest BCUT2D eigenvalue weighted by Crippen LogP contribution is -2.37. The largest absolute Gasteiger partial charge is 0.334 e. The number of hydrogen-bond acceptors (Lipinski definition) is 3. The minimum atomic E-state index is 0.0208. The van der Waals surface area contributed by atoms with Gasteiger partial charge in [-0.25, -0.2) is 0 Å². The molecule has 0 bridgehead atoms. The van der Waals surface area contributed by atoms with Crippen LogP contribution in [0.1, 0.15) is 24.3 Å². The van der Waals surface area contributed by atoms with Crippen LogP contribution in [0.15, 0.2) is 17.5 Å². The van der Waals surface area contributed by atoms with E-state index in [4.69, 9.17) is 0 Å². The number of likely N-dealkylation sites (tertiary alicyclic amines) is 1. The van der Waals surface area contributed by atoms with Crippen LogP contribution in [0.5, 0.6) is 0 Å². The second-order valence-electron chi connectivity index (χ2n) is 3.85. The zero-order valence-corrected chi connectivity index (χ0v) is 9.88. The molecule has 2 rings (SSSR count). The molecule has 1 fully saturated rings. The average molecular weight is 224 g/mol. The van der Waals surface area contributed by atoms with E-state index < -0.39 is 0 Å². The van der Waals surface area contributed by atoms with Gasteiger partial charge in [-0.05, 0) is 31.8 Å². The molecule has 0 saturated carbocycles. The summed E-state index contributed by atoms with van der Waals surface area (Å²) in [6, 6.07) is 4.37. The Balaban J connectivity index is 2.09. The van der Waals surface area contributed by atoms with Crippen LogP contribution in [0.25, 0.3) is 0 Å². The molecule has 1 amide bonds. The molecule has 1 N–H and O–H groups in total. The Morgan fingerprint density at radius 1 is 1.67 bits per heavy atom. The van der Waals surface area contributed by atoms with Crippen LogP contribution in [-0.4, -0.2) is 30.4 Å². The van der Waals surface area contributed by atoms with Gasteiger partial charge in [-0.1, -0.05) is 6.07 Å². The van der Waals surface area contributed by atoms with Crippen LogP contribution < -0.4 is 5.32 Å². The van der Waals surface area contributed by atoms with Gasteiger partial charge in [-0.2, -0.15) is 0 Å². The van der Waals surface area contributed by atoms with E-state index in [-0.39, 0.29) is 18.0 Å². The lowest BCUT2D eigenvalue weighted by molar-refractivity contribution is -0.131. The number of amides is 1. The molecular formula is C11H16N2OS. The number of nitrogens with one attached hydrogen (secondary N) is 1. The summed E-state index contributed by atoms with van der Waals surface area (Å²) in [5, 5.41) is 5.11. The summed E-state index contributed by atoms with van der Waals surface area (Å²) in [5.74, 6) is 0.235. The molecule has 1 aliphatic rings. The molecule has 15 heavy (non-hydrogen) atoms. The Morgan fingerprint density at radius 2 is 2.47 bits per heavy atom. The van der Waals surface area contributed by atoms with E-state index in [2.05, 4.69) is 23.7 Å². The molecular weight excluding hydrogens is 208 g/mol. The predicted molar refractivity (Wildman–Crippen MR) is 61.9 cm³/mol. The standard InChI is InChI=1S/C11H16N2OS/c1-8(10-4-3-7-15-10)13-6-5-9(12-2)11(13)14/h3-4,7-9,12H,5-6H2,1-2H3. The first kappa shape index (κ1) is 10.6. The minimum Gasteiger partial charge on any atom is -0.334 e. The molecule has 2 heterocycles. The Bertz CT molecular complexity index is 336. The molecule has 1 aliphatic heterocycles. The van der Waals surface area contributed by atoms with Gasteiger partial charge in [-0.15, -0.1) is 11.3 Å². The van der Waals surface area contributed by atoms with E-state index in [1.165, 1.54) is 4.88 Å². The second kappa shape index (κ2) is 4.33. The summed E-state index contributed by atoms with van der Waals surface area (Å²) in [6.07, 6.45) is 0.922. The first-order valence-corrected chi connectivity index (χ1v) is 6.13. The molecule has 1 saturated heterocycles. The molecule has 0 spiro atoms. The van der Waals surface area contributed by atoms with Gasteiger partial charge in [0.1, 0.15) is 0 Å². The van der Waals surface area contributed by atoms with Crippen LogP contribution in [0.3, 0.4) is 0 Å². The van der Waals surface area contributed by atoms with E-state index in [9.17, 15) is 4.79 Å². The summed E-state index contributed by atoms with van der Waals surface area (Å²) in [7, 11) is 1.85. The third-order valence-corrected chi connectivity index (χ3v) is 4.05. The first-order valence-electron chi connectivity index (χ1n) is 5.25. The van der Waals surface area contributed by atoms with Crippen molar-refractivity contribution >= 4 is 17.2 Å². The van der Waals surface area contributed by atoms with Crippen molar-refractivity contribution in [2.75, 3.05) is 13.6 Å². The smallest absolute Gasteiger partial charge is 0.240 e. The number of rotatable bonds is 3. The monoisotopic (exact) mass is 224 g/mol. The Morgan fingerprint density at radius 3 is 3.00 bits per heavy atom. The Labute approximate surface area is 94.1 Å². The highest BCUT2D eigenvalue weighted by Crippen LogP contribution is 2.28. The van der Waals surface area contributed by atoms with Crippen LogP contribution in [-0.2, 0) is 4.79 Å². The summed E-state index contributed by atoms with van der Waals surface area (Å²) < 4.78 is 0. The number of hydrogen-bond donors (Lipinski definition) is 1. The van der Waals surface area contributed by atoms with E-state index >= 15 is 0 Å². The third kappa shape index (κ3) is 1.92. The second-order valence-corrected chi connectivity index (χ2v) is 4.83. The fourth-order valence-corrected chi connectivity index (χ4v) is 2.83. The van der Waals surface area contributed by atoms with Gasteiger partial charge in [0.05, 0.1) is 12.1 Å². The fourth-order valence-electron chi connectivity index (χ4n) is 2.04. The molecule has 2 atom stereocenters. The summed E-state index contributed by atoms with van der Waals surface area (Å²) in [5.41, 5.74) is 0. The molecule has 0 aromatic carbocycles. The minimum absolute atomic E-state index is 0.0208. The fraction of sp³-hybridized carbons (Fsp3) is 0.545. The summed E-state index contributed by atoms with van der Waals surface area (Å²) in [4.78, 5) is 15.2. The van der Waals surface area contributed by atoms with Crippen molar-refractivity contribution in [3.63, 3.8) is 0 Å². The quantitative estimate of drug-likeness (QED) is 0.846. The van der Waals surface area contributed by atoms with Crippen LogP contribution in [0, 0.1) is 0 Å². The van der Waals surface area contributed by atoms with Crippen LogP contribution >= 0.6 is 11.3 Å². The first-order chi connectivity index (χ1) is 7.24. The summed E-state index contributed by atoms with van der Waals surface area (Å²) >= 11 is 1.71. The molecule has 4 heteroatoms. The van der Waals surface area contributed by atoms with Gasteiger partial charge in [0.25, 0.3) is 0 Å². The Hall–Kier alpha value is -0.870. The maximum absolute atomic E-state index is 11.9. The van der Waals surface area contributed by atoms with Crippen LogP contribution in [0.4, 0.5) is 0 Å². The molecule has 3 nitrogen and oxygen atoms in total. The molecule has 82 valence electrons. The number of thiophene rings is 1. The molecule has 0 aliphatic carbocycles. The molecule has 1 aromatic rings. The molecule has 2 unspecified atom stereocenters. The normalized spacial score (nSPS) is 23.5. The zero-order valence-electron chi connectivity index (χ0n) is 9.06. The third-order valence-electron chi connectivity index (χ3n) is 3.01. The van der Waals surface area contributed by atoms with Crippen LogP contribution in [0.2, 0.25) is 0 Å². The van der Waals surface area contributed by atoms with Gasteiger partial charge in [0, 0.05) is 11.4 Å². The number of nitrogens with zero attached hydrogens (tertiary/aromatic N) is 1. The van der Waals surface area contributed by atoms with Crippen molar-refractivity contribution < 1.29 is 4.79 Å². The lowest BCUT2D eigenvalue weighted by atomic mass is 10.2. The van der Waals surface area contributed by atoms with E-state index in [1.54, 1.807) is 11.3 Å². The van der Waals surface area contributed by atoms with Crippen molar-refractivity contribution in [1.29, 1.82) is 0 Å². The predicted octanol–water partition coefficient (Wildman–Crippen LogP) is 1.63. The van der Waals surface area contributed by atoms with Crippen molar-refractivity contribution in [3.05, 3.63) is 22.4 Å². The van der Waals surface area contributed by atoms with Gasteiger partial charge in [0.15, 0.2) is 0 Å². The zero-order chi connectivity index (χ0) is 10.8.